The summed E-state index contributed by atoms with van der Waals surface area (Å²) in [5, 5.41) is 9.14. The Kier molecular flexibility index (Phi) is 6.44. The summed E-state index contributed by atoms with van der Waals surface area (Å²) in [6, 6.07) is 12.6. The number of carbonyl (C=O) groups excluding carboxylic acids is 2. The van der Waals surface area contributed by atoms with E-state index >= 15 is 0 Å². The lowest BCUT2D eigenvalue weighted by Gasteiger charge is -2.23. The van der Waals surface area contributed by atoms with Crippen molar-refractivity contribution in [2.45, 2.75) is 25.4 Å². The number of aromatic nitrogens is 2. The van der Waals surface area contributed by atoms with Gasteiger partial charge in [0, 0.05) is 30.3 Å². The van der Waals surface area contributed by atoms with Gasteiger partial charge in [-0.05, 0) is 49.2 Å². The molecule has 180 valence electrons. The highest BCUT2D eigenvalue weighted by Gasteiger charge is 2.20. The van der Waals surface area contributed by atoms with E-state index in [2.05, 4.69) is 25.9 Å². The topological polar surface area (TPSA) is 140 Å². The summed E-state index contributed by atoms with van der Waals surface area (Å²) in [6.07, 6.45) is 3.39. The first-order valence-electron chi connectivity index (χ1n) is 11.5. The molecular weight excluding hydrogens is 448 g/mol. The number of carbonyl (C=O) groups is 2. The fourth-order valence-electron chi connectivity index (χ4n) is 4.09. The first-order valence-corrected chi connectivity index (χ1v) is 11.5. The van der Waals surface area contributed by atoms with Crippen LogP contribution in [-0.2, 0) is 6.54 Å². The van der Waals surface area contributed by atoms with Gasteiger partial charge in [-0.3, -0.25) is 9.59 Å². The Morgan fingerprint density at radius 2 is 2.00 bits per heavy atom. The van der Waals surface area contributed by atoms with E-state index in [0.29, 0.717) is 41.4 Å². The maximum Gasteiger partial charge on any atom is 0.274 e. The maximum atomic E-state index is 12.8. The lowest BCUT2D eigenvalue weighted by molar-refractivity contribution is 0.0923. The highest BCUT2D eigenvalue weighted by atomic mass is 16.7. The monoisotopic (exact) mass is 474 g/mol. The third kappa shape index (κ3) is 5.17. The highest BCUT2D eigenvalue weighted by molar-refractivity contribution is 5.97. The molecule has 1 aromatic heterocycles. The Morgan fingerprint density at radius 1 is 1.11 bits per heavy atom. The predicted octanol–water partition coefficient (Wildman–Crippen LogP) is 1.87. The zero-order valence-electron chi connectivity index (χ0n) is 19.0. The van der Waals surface area contributed by atoms with Gasteiger partial charge in [0.25, 0.3) is 11.8 Å². The Hall–Kier alpha value is -4.18. The number of nitrogens with two attached hydrogens (primary N) is 1. The first kappa shape index (κ1) is 22.6. The van der Waals surface area contributed by atoms with E-state index in [1.54, 1.807) is 18.2 Å². The fourth-order valence-corrected chi connectivity index (χ4v) is 4.09. The molecule has 0 bridgehead atoms. The van der Waals surface area contributed by atoms with Crippen molar-refractivity contribution in [1.29, 1.82) is 0 Å². The molecule has 5 rings (SSSR count). The minimum absolute atomic E-state index is 0.0258. The van der Waals surface area contributed by atoms with Crippen molar-refractivity contribution in [1.82, 2.24) is 25.9 Å². The molecule has 0 spiro atoms. The lowest BCUT2D eigenvalue weighted by atomic mass is 10.1. The molecule has 1 atom stereocenters. The van der Waals surface area contributed by atoms with E-state index in [1.165, 1.54) is 6.20 Å². The molecular formula is C25H26N6O4. The number of amides is 2. The largest absolute Gasteiger partial charge is 0.454 e. The molecule has 35 heavy (non-hydrogen) atoms. The van der Waals surface area contributed by atoms with Crippen LogP contribution in [0.25, 0.3) is 11.3 Å². The van der Waals surface area contributed by atoms with Gasteiger partial charge in [0.05, 0.1) is 11.9 Å². The van der Waals surface area contributed by atoms with Crippen molar-refractivity contribution >= 4 is 17.6 Å². The minimum Gasteiger partial charge on any atom is -0.454 e. The summed E-state index contributed by atoms with van der Waals surface area (Å²) in [7, 11) is 0. The van der Waals surface area contributed by atoms with Crippen LogP contribution in [0.3, 0.4) is 0 Å². The summed E-state index contributed by atoms with van der Waals surface area (Å²) in [5.74, 6) is 0.826. The van der Waals surface area contributed by atoms with Gasteiger partial charge in [-0.25, -0.2) is 9.97 Å². The summed E-state index contributed by atoms with van der Waals surface area (Å²) < 4.78 is 10.7. The predicted molar refractivity (Wildman–Crippen MR) is 129 cm³/mol. The van der Waals surface area contributed by atoms with Crippen LogP contribution in [0.15, 0.2) is 48.7 Å². The number of benzene rings is 2. The van der Waals surface area contributed by atoms with Crippen molar-refractivity contribution in [2.24, 2.45) is 0 Å². The van der Waals surface area contributed by atoms with Gasteiger partial charge in [-0.1, -0.05) is 18.2 Å². The van der Waals surface area contributed by atoms with Crippen LogP contribution in [-0.4, -0.2) is 47.7 Å². The molecule has 0 aliphatic carbocycles. The quantitative estimate of drug-likeness (QED) is 0.424. The average molecular weight is 475 g/mol. The second kappa shape index (κ2) is 9.98. The third-order valence-electron chi connectivity index (χ3n) is 5.96. The van der Waals surface area contributed by atoms with Gasteiger partial charge in [0.2, 0.25) is 6.79 Å². The molecule has 3 aromatic rings. The van der Waals surface area contributed by atoms with Crippen LogP contribution in [0.4, 0.5) is 5.82 Å². The van der Waals surface area contributed by atoms with Crippen LogP contribution < -0.4 is 31.2 Å². The minimum atomic E-state index is -0.358. The summed E-state index contributed by atoms with van der Waals surface area (Å²) in [5.41, 5.74) is 8.49. The van der Waals surface area contributed by atoms with Crippen molar-refractivity contribution in [3.05, 3.63) is 65.5 Å². The molecule has 10 heteroatoms. The second-order valence-electron chi connectivity index (χ2n) is 8.46. The summed E-state index contributed by atoms with van der Waals surface area (Å²) in [6.45, 7) is 2.20. The van der Waals surface area contributed by atoms with Crippen molar-refractivity contribution in [3.8, 4) is 22.8 Å². The number of rotatable bonds is 6. The molecule has 1 fully saturated rings. The van der Waals surface area contributed by atoms with Crippen LogP contribution in [0, 0.1) is 0 Å². The smallest absolute Gasteiger partial charge is 0.274 e. The SMILES string of the molecule is Nc1ncc(-c2cccc(C(=O)NCc3ccc4c(c3)OCO4)c2)nc1C(=O)NC1CCCNC1. The molecule has 0 radical (unpaired) electrons. The van der Waals surface area contributed by atoms with E-state index in [1.807, 2.05) is 24.3 Å². The highest BCUT2D eigenvalue weighted by Crippen LogP contribution is 2.32. The maximum absolute atomic E-state index is 12.8. The van der Waals surface area contributed by atoms with E-state index in [0.717, 1.165) is 24.9 Å². The van der Waals surface area contributed by atoms with Gasteiger partial charge in [-0.2, -0.15) is 0 Å². The molecule has 1 saturated heterocycles. The Balaban J connectivity index is 1.28. The van der Waals surface area contributed by atoms with Gasteiger partial charge in [0.1, 0.15) is 0 Å². The number of ether oxygens (including phenoxy) is 2. The molecule has 3 heterocycles. The number of hydrogen-bond acceptors (Lipinski definition) is 8. The van der Waals surface area contributed by atoms with Gasteiger partial charge in [0.15, 0.2) is 23.0 Å². The number of nitrogens with one attached hydrogen (secondary N) is 3. The Morgan fingerprint density at radius 3 is 2.86 bits per heavy atom. The number of piperidine rings is 1. The van der Waals surface area contributed by atoms with Gasteiger partial charge in [-0.15, -0.1) is 0 Å². The molecule has 0 saturated carbocycles. The summed E-state index contributed by atoms with van der Waals surface area (Å²) in [4.78, 5) is 34.2. The van der Waals surface area contributed by atoms with Crippen molar-refractivity contribution in [2.75, 3.05) is 25.6 Å². The molecule has 10 nitrogen and oxygen atoms in total. The first-order chi connectivity index (χ1) is 17.1. The molecule has 1 unspecified atom stereocenters. The normalized spacial score (nSPS) is 16.5. The van der Waals surface area contributed by atoms with Crippen LogP contribution in [0.2, 0.25) is 0 Å². The molecule has 2 aromatic carbocycles. The number of anilines is 1. The van der Waals surface area contributed by atoms with Gasteiger partial charge < -0.3 is 31.2 Å². The fraction of sp³-hybridized carbons (Fsp3) is 0.280. The zero-order chi connectivity index (χ0) is 24.2. The molecule has 2 aliphatic rings. The number of hydrogen-bond donors (Lipinski definition) is 4. The van der Waals surface area contributed by atoms with E-state index < -0.39 is 0 Å². The van der Waals surface area contributed by atoms with Crippen LogP contribution in [0.1, 0.15) is 39.3 Å². The Labute approximate surface area is 202 Å². The van der Waals surface area contributed by atoms with Crippen molar-refractivity contribution in [3.63, 3.8) is 0 Å². The van der Waals surface area contributed by atoms with E-state index in [-0.39, 0.29) is 36.2 Å². The standard InChI is InChI=1S/C25H26N6O4/c26-23-22(25(33)30-18-5-2-8-27-12-18)31-19(13-28-23)16-3-1-4-17(10-16)24(32)29-11-15-6-7-20-21(9-15)35-14-34-20/h1,3-4,6-7,9-10,13,18,27H,2,5,8,11-12,14H2,(H2,26,28)(H,29,32)(H,30,33). The van der Waals surface area contributed by atoms with E-state index in [4.69, 9.17) is 15.2 Å². The van der Waals surface area contributed by atoms with Crippen molar-refractivity contribution < 1.29 is 19.1 Å². The molecule has 2 aliphatic heterocycles. The average Bonchev–Trinajstić information content (AvgIpc) is 3.36. The molecule has 2 amide bonds. The summed E-state index contributed by atoms with van der Waals surface area (Å²) >= 11 is 0. The van der Waals surface area contributed by atoms with Gasteiger partial charge >= 0.3 is 0 Å². The Bertz CT molecular complexity index is 1260. The zero-order valence-corrected chi connectivity index (χ0v) is 19.0. The number of nitrogen functional groups attached to an aromatic ring is 1. The third-order valence-corrected chi connectivity index (χ3v) is 5.96. The number of fused-ring (bicyclic) bond motifs is 1. The second-order valence-corrected chi connectivity index (χ2v) is 8.46. The van der Waals surface area contributed by atoms with E-state index in [9.17, 15) is 9.59 Å². The van der Waals surface area contributed by atoms with Crippen LogP contribution >= 0.6 is 0 Å². The number of nitrogens with zero attached hydrogens (tertiary/aromatic N) is 2. The lowest BCUT2D eigenvalue weighted by Crippen LogP contribution is -2.46. The molecule has 5 N–H and O–H groups in total. The van der Waals surface area contributed by atoms with Crippen LogP contribution in [0.5, 0.6) is 11.5 Å².